The first-order chi connectivity index (χ1) is 13.1. The number of benzene rings is 2. The zero-order valence-corrected chi connectivity index (χ0v) is 15.4. The number of amides is 1. The molecular weight excluding hydrogens is 346 g/mol. The summed E-state index contributed by atoms with van der Waals surface area (Å²) in [7, 11) is 1.38. The van der Waals surface area contributed by atoms with Crippen molar-refractivity contribution >= 4 is 23.3 Å². The lowest BCUT2D eigenvalue weighted by Crippen LogP contribution is -2.32. The average molecular weight is 369 g/mol. The molecule has 0 radical (unpaired) electrons. The Hall–Kier alpha value is -3.28. The number of anilines is 1. The highest BCUT2D eigenvalue weighted by molar-refractivity contribution is 6.15. The highest BCUT2D eigenvalue weighted by atomic mass is 16.6. The lowest BCUT2D eigenvalue weighted by atomic mass is 10.0. The quantitative estimate of drug-likeness (QED) is 0.554. The van der Waals surface area contributed by atoms with Crippen LogP contribution in [0.1, 0.15) is 24.5 Å². The van der Waals surface area contributed by atoms with Crippen LogP contribution in [-0.2, 0) is 20.9 Å². The second kappa shape index (κ2) is 10.0. The molecule has 0 aliphatic carbocycles. The molecule has 0 bridgehead atoms. The van der Waals surface area contributed by atoms with Crippen molar-refractivity contribution in [1.29, 1.82) is 0 Å². The summed E-state index contributed by atoms with van der Waals surface area (Å²) < 4.78 is 10.3. The molecule has 2 aromatic carbocycles. The van der Waals surface area contributed by atoms with Gasteiger partial charge in [-0.2, -0.15) is 0 Å². The molecule has 0 fully saturated rings. The van der Waals surface area contributed by atoms with Gasteiger partial charge in [0.1, 0.15) is 12.2 Å². The second-order valence-electron chi connectivity index (χ2n) is 5.77. The fourth-order valence-corrected chi connectivity index (χ4v) is 2.63. The van der Waals surface area contributed by atoms with Gasteiger partial charge < -0.3 is 14.6 Å². The Balaban J connectivity index is 2.19. The number of carbonyl (C=O) groups excluding carboxylic acids is 1. The molecule has 0 saturated carbocycles. The Morgan fingerprint density at radius 1 is 1.07 bits per heavy atom. The summed E-state index contributed by atoms with van der Waals surface area (Å²) >= 11 is 0. The summed E-state index contributed by atoms with van der Waals surface area (Å²) in [6.07, 6.45) is 1.46. The summed E-state index contributed by atoms with van der Waals surface area (Å²) in [6.45, 7) is 2.46. The van der Waals surface area contributed by atoms with Crippen molar-refractivity contribution in [2.75, 3.05) is 18.6 Å². The fraction of sp³-hybridized carbons (Fsp3) is 0.238. The predicted octanol–water partition coefficient (Wildman–Crippen LogP) is 4.31. The summed E-state index contributed by atoms with van der Waals surface area (Å²) in [5.74, 6) is -1.12. The van der Waals surface area contributed by atoms with Crippen molar-refractivity contribution in [3.8, 4) is 0 Å². The largest absolute Gasteiger partial charge is 0.503 e. The highest BCUT2D eigenvalue weighted by Gasteiger charge is 2.19. The lowest BCUT2D eigenvalue weighted by molar-refractivity contribution is -0.130. The van der Waals surface area contributed by atoms with Gasteiger partial charge in [-0.3, -0.25) is 4.90 Å². The third kappa shape index (κ3) is 5.34. The van der Waals surface area contributed by atoms with Gasteiger partial charge in [0.25, 0.3) is 0 Å². The first-order valence-electron chi connectivity index (χ1n) is 8.62. The number of rotatable bonds is 8. The van der Waals surface area contributed by atoms with Gasteiger partial charge in [0.15, 0.2) is 0 Å². The topological polar surface area (TPSA) is 76.1 Å². The van der Waals surface area contributed by atoms with E-state index in [0.717, 1.165) is 18.4 Å². The number of para-hydroxylation sites is 1. The zero-order valence-electron chi connectivity index (χ0n) is 15.4. The maximum Gasteiger partial charge on any atom is 0.414 e. The van der Waals surface area contributed by atoms with Crippen LogP contribution in [0.3, 0.4) is 0 Å². The molecule has 6 nitrogen and oxygen atoms in total. The molecule has 142 valence electrons. The summed E-state index contributed by atoms with van der Waals surface area (Å²) in [5.41, 5.74) is 1.78. The Labute approximate surface area is 158 Å². The maximum atomic E-state index is 12.6. The Morgan fingerprint density at radius 2 is 1.74 bits per heavy atom. The normalized spacial score (nSPS) is 11.0. The van der Waals surface area contributed by atoms with Crippen molar-refractivity contribution in [2.24, 2.45) is 0 Å². The van der Waals surface area contributed by atoms with E-state index in [-0.39, 0.29) is 12.2 Å². The van der Waals surface area contributed by atoms with E-state index in [1.54, 1.807) is 29.2 Å². The van der Waals surface area contributed by atoms with E-state index in [9.17, 15) is 14.7 Å². The fourth-order valence-electron chi connectivity index (χ4n) is 2.63. The van der Waals surface area contributed by atoms with Crippen LogP contribution in [0.5, 0.6) is 0 Å². The van der Waals surface area contributed by atoms with E-state index >= 15 is 0 Å². The standard InChI is InChI=1S/C21H23NO5/c1-3-13-22(17-10-5-4-6-11-17)21(25)27-14-16-9-7-8-12-18(16)19(15-26-2)20(23)24/h4-12,15H,3,13-14H2,1-2H3,(H,23,24)/b19-15+. The lowest BCUT2D eigenvalue weighted by Gasteiger charge is -2.22. The number of aliphatic carboxylic acids is 1. The summed E-state index contributed by atoms with van der Waals surface area (Å²) in [4.78, 5) is 25.7. The summed E-state index contributed by atoms with van der Waals surface area (Å²) in [6, 6.07) is 16.1. The number of carboxylic acid groups (broad SMARTS) is 1. The van der Waals surface area contributed by atoms with Gasteiger partial charge in [-0.15, -0.1) is 0 Å². The van der Waals surface area contributed by atoms with Gasteiger partial charge in [-0.05, 0) is 29.7 Å². The van der Waals surface area contributed by atoms with Gasteiger partial charge >= 0.3 is 12.1 Å². The zero-order chi connectivity index (χ0) is 19.6. The Morgan fingerprint density at radius 3 is 2.37 bits per heavy atom. The third-order valence-electron chi connectivity index (χ3n) is 3.86. The first-order valence-corrected chi connectivity index (χ1v) is 8.62. The Bertz CT molecular complexity index is 801. The van der Waals surface area contributed by atoms with Crippen molar-refractivity contribution < 1.29 is 24.2 Å². The summed E-state index contributed by atoms with van der Waals surface area (Å²) in [5, 5.41) is 9.40. The smallest absolute Gasteiger partial charge is 0.414 e. The number of nitrogens with zero attached hydrogens (tertiary/aromatic N) is 1. The second-order valence-corrected chi connectivity index (χ2v) is 5.77. The van der Waals surface area contributed by atoms with E-state index in [2.05, 4.69) is 0 Å². The molecule has 0 atom stereocenters. The van der Waals surface area contributed by atoms with Gasteiger partial charge in [-0.1, -0.05) is 49.4 Å². The monoisotopic (exact) mass is 369 g/mol. The number of carboxylic acids is 1. The average Bonchev–Trinajstić information content (AvgIpc) is 2.69. The van der Waals surface area contributed by atoms with Crippen LogP contribution in [-0.4, -0.2) is 30.8 Å². The highest BCUT2D eigenvalue weighted by Crippen LogP contribution is 2.22. The van der Waals surface area contributed by atoms with E-state index in [1.807, 2.05) is 37.3 Å². The molecule has 0 spiro atoms. The van der Waals surface area contributed by atoms with Crippen LogP contribution in [0, 0.1) is 0 Å². The molecule has 0 aliphatic rings. The molecule has 0 aliphatic heterocycles. The molecule has 0 aromatic heterocycles. The first kappa shape index (κ1) is 20.0. The van der Waals surface area contributed by atoms with Crippen molar-refractivity contribution in [3.63, 3.8) is 0 Å². The molecule has 27 heavy (non-hydrogen) atoms. The van der Waals surface area contributed by atoms with Gasteiger partial charge in [-0.25, -0.2) is 9.59 Å². The molecule has 0 unspecified atom stereocenters. The number of methoxy groups -OCH3 is 1. The number of hydrogen-bond acceptors (Lipinski definition) is 4. The number of hydrogen-bond donors (Lipinski definition) is 1. The van der Waals surface area contributed by atoms with Gasteiger partial charge in [0.05, 0.1) is 13.4 Å². The Kier molecular flexibility index (Phi) is 7.43. The van der Waals surface area contributed by atoms with Crippen molar-refractivity contribution in [3.05, 3.63) is 72.0 Å². The molecule has 6 heteroatoms. The van der Waals surface area contributed by atoms with Crippen LogP contribution < -0.4 is 4.90 Å². The minimum absolute atomic E-state index is 0.00220. The minimum Gasteiger partial charge on any atom is -0.503 e. The van der Waals surface area contributed by atoms with E-state index in [0.29, 0.717) is 17.7 Å². The molecule has 2 aromatic rings. The van der Waals surface area contributed by atoms with Crippen LogP contribution in [0.2, 0.25) is 0 Å². The third-order valence-corrected chi connectivity index (χ3v) is 3.86. The van der Waals surface area contributed by atoms with Crippen molar-refractivity contribution in [2.45, 2.75) is 20.0 Å². The van der Waals surface area contributed by atoms with E-state index < -0.39 is 12.1 Å². The van der Waals surface area contributed by atoms with Crippen LogP contribution in [0.15, 0.2) is 60.9 Å². The molecule has 1 amide bonds. The van der Waals surface area contributed by atoms with Crippen molar-refractivity contribution in [1.82, 2.24) is 0 Å². The maximum absolute atomic E-state index is 12.6. The number of carbonyl (C=O) groups is 2. The molecule has 2 rings (SSSR count). The molecular formula is C21H23NO5. The van der Waals surface area contributed by atoms with Crippen LogP contribution >= 0.6 is 0 Å². The van der Waals surface area contributed by atoms with Gasteiger partial charge in [0, 0.05) is 12.2 Å². The number of ether oxygens (including phenoxy) is 2. The van der Waals surface area contributed by atoms with E-state index in [1.165, 1.54) is 7.11 Å². The van der Waals surface area contributed by atoms with Gasteiger partial charge in [0.2, 0.25) is 0 Å². The molecule has 0 heterocycles. The van der Waals surface area contributed by atoms with E-state index in [4.69, 9.17) is 9.47 Å². The van der Waals surface area contributed by atoms with Crippen LogP contribution in [0.25, 0.3) is 5.57 Å². The predicted molar refractivity (Wildman–Crippen MR) is 103 cm³/mol. The molecule has 1 N–H and O–H groups in total. The van der Waals surface area contributed by atoms with Crippen LogP contribution in [0.4, 0.5) is 10.5 Å². The molecule has 0 saturated heterocycles. The minimum atomic E-state index is -1.12. The SMILES string of the molecule is CCCN(C(=O)OCc1ccccc1/C(=C\OC)C(=O)O)c1ccccc1.